The van der Waals surface area contributed by atoms with Crippen LogP contribution in [0.4, 0.5) is 0 Å². The summed E-state index contributed by atoms with van der Waals surface area (Å²) in [6.45, 7) is 8.02. The van der Waals surface area contributed by atoms with Gasteiger partial charge in [-0.2, -0.15) is 0 Å². The highest BCUT2D eigenvalue weighted by atomic mass is 79.9. The van der Waals surface area contributed by atoms with Gasteiger partial charge in [-0.3, -0.25) is 10.2 Å². The van der Waals surface area contributed by atoms with Gasteiger partial charge in [0.05, 0.1) is 0 Å². The van der Waals surface area contributed by atoms with Crippen molar-refractivity contribution in [3.8, 4) is 5.75 Å². The van der Waals surface area contributed by atoms with Crippen LogP contribution in [-0.4, -0.2) is 12.0 Å². The molecule has 0 bridgehead atoms. The van der Waals surface area contributed by atoms with E-state index in [9.17, 15) is 4.79 Å². The van der Waals surface area contributed by atoms with Crippen LogP contribution >= 0.6 is 15.9 Å². The SMILES string of the molecule is CC(C)c1cc(Br)ccc1OC(C(=O)NN)C(C)C. The molecule has 0 aliphatic carbocycles. The first-order valence-corrected chi connectivity index (χ1v) is 7.12. The first-order chi connectivity index (χ1) is 8.86. The van der Waals surface area contributed by atoms with Crippen molar-refractivity contribution in [2.75, 3.05) is 0 Å². The topological polar surface area (TPSA) is 64.3 Å². The minimum absolute atomic E-state index is 0.0345. The molecule has 1 aromatic rings. The van der Waals surface area contributed by atoms with Crippen molar-refractivity contribution >= 4 is 21.8 Å². The fraction of sp³-hybridized carbons (Fsp3) is 0.500. The highest BCUT2D eigenvalue weighted by Crippen LogP contribution is 2.31. The van der Waals surface area contributed by atoms with E-state index in [0.29, 0.717) is 5.92 Å². The van der Waals surface area contributed by atoms with Gasteiger partial charge in [-0.05, 0) is 35.6 Å². The fourth-order valence-electron chi connectivity index (χ4n) is 1.79. The molecule has 4 nitrogen and oxygen atoms in total. The second-order valence-electron chi connectivity index (χ2n) is 5.13. The lowest BCUT2D eigenvalue weighted by Crippen LogP contribution is -2.45. The molecule has 0 aliphatic rings. The normalized spacial score (nSPS) is 12.6. The Balaban J connectivity index is 3.06. The molecule has 0 saturated heterocycles. The zero-order valence-electron chi connectivity index (χ0n) is 11.7. The molecule has 1 atom stereocenters. The average Bonchev–Trinajstić information content (AvgIpc) is 2.35. The number of hydrogen-bond acceptors (Lipinski definition) is 3. The van der Waals surface area contributed by atoms with Crippen LogP contribution in [-0.2, 0) is 4.79 Å². The molecule has 19 heavy (non-hydrogen) atoms. The van der Waals surface area contributed by atoms with Crippen LogP contribution in [0.3, 0.4) is 0 Å². The second kappa shape index (κ2) is 6.91. The average molecular weight is 329 g/mol. The maximum Gasteiger partial charge on any atom is 0.275 e. The molecular weight excluding hydrogens is 308 g/mol. The van der Waals surface area contributed by atoms with Crippen molar-refractivity contribution in [1.29, 1.82) is 0 Å². The molecular formula is C14H21BrN2O2. The number of nitrogens with two attached hydrogens (primary N) is 1. The lowest BCUT2D eigenvalue weighted by molar-refractivity contribution is -0.129. The zero-order chi connectivity index (χ0) is 14.6. The molecule has 0 aromatic heterocycles. The van der Waals surface area contributed by atoms with Crippen LogP contribution in [0.1, 0.15) is 39.2 Å². The molecule has 5 heteroatoms. The number of benzene rings is 1. The van der Waals surface area contributed by atoms with E-state index in [2.05, 4.69) is 35.2 Å². The first kappa shape index (κ1) is 16.0. The van der Waals surface area contributed by atoms with E-state index in [4.69, 9.17) is 10.6 Å². The van der Waals surface area contributed by atoms with Gasteiger partial charge in [0, 0.05) is 4.47 Å². The smallest absolute Gasteiger partial charge is 0.275 e. The summed E-state index contributed by atoms with van der Waals surface area (Å²) < 4.78 is 6.86. The van der Waals surface area contributed by atoms with Crippen LogP contribution in [0.25, 0.3) is 0 Å². The number of carbonyl (C=O) groups is 1. The van der Waals surface area contributed by atoms with Gasteiger partial charge in [0.25, 0.3) is 5.91 Å². The van der Waals surface area contributed by atoms with E-state index in [-0.39, 0.29) is 11.8 Å². The van der Waals surface area contributed by atoms with Gasteiger partial charge >= 0.3 is 0 Å². The van der Waals surface area contributed by atoms with Gasteiger partial charge in [-0.25, -0.2) is 5.84 Å². The Bertz CT molecular complexity index is 447. The van der Waals surface area contributed by atoms with Gasteiger partial charge in [-0.15, -0.1) is 0 Å². The molecule has 1 aromatic carbocycles. The Hall–Kier alpha value is -1.07. The van der Waals surface area contributed by atoms with Crippen molar-refractivity contribution in [3.05, 3.63) is 28.2 Å². The number of hydrogen-bond donors (Lipinski definition) is 2. The maximum absolute atomic E-state index is 11.7. The molecule has 1 unspecified atom stereocenters. The molecule has 0 radical (unpaired) electrons. The Morgan fingerprint density at radius 1 is 1.32 bits per heavy atom. The van der Waals surface area contributed by atoms with E-state index in [0.717, 1.165) is 15.8 Å². The molecule has 0 saturated carbocycles. The lowest BCUT2D eigenvalue weighted by Gasteiger charge is -2.23. The summed E-state index contributed by atoms with van der Waals surface area (Å²) in [5.41, 5.74) is 3.21. The van der Waals surface area contributed by atoms with E-state index >= 15 is 0 Å². The maximum atomic E-state index is 11.7. The van der Waals surface area contributed by atoms with Crippen molar-refractivity contribution < 1.29 is 9.53 Å². The predicted octanol–water partition coefficient (Wildman–Crippen LogP) is 2.97. The first-order valence-electron chi connectivity index (χ1n) is 6.33. The largest absolute Gasteiger partial charge is 0.480 e. The summed E-state index contributed by atoms with van der Waals surface area (Å²) >= 11 is 3.45. The number of rotatable bonds is 5. The van der Waals surface area contributed by atoms with E-state index < -0.39 is 6.10 Å². The highest BCUT2D eigenvalue weighted by Gasteiger charge is 2.24. The van der Waals surface area contributed by atoms with Gasteiger partial charge < -0.3 is 4.74 Å². The van der Waals surface area contributed by atoms with E-state index in [1.807, 2.05) is 32.0 Å². The molecule has 0 heterocycles. The van der Waals surface area contributed by atoms with Crippen LogP contribution in [0.15, 0.2) is 22.7 Å². The third-order valence-electron chi connectivity index (χ3n) is 2.85. The van der Waals surface area contributed by atoms with Gasteiger partial charge in [0.1, 0.15) is 5.75 Å². The quantitative estimate of drug-likeness (QED) is 0.496. The Morgan fingerprint density at radius 3 is 2.42 bits per heavy atom. The number of nitrogens with one attached hydrogen (secondary N) is 1. The number of amides is 1. The summed E-state index contributed by atoms with van der Waals surface area (Å²) in [5.74, 6) is 5.95. The van der Waals surface area contributed by atoms with Crippen molar-refractivity contribution in [1.82, 2.24) is 5.43 Å². The molecule has 3 N–H and O–H groups in total. The van der Waals surface area contributed by atoms with Crippen LogP contribution in [0.2, 0.25) is 0 Å². The van der Waals surface area contributed by atoms with Crippen molar-refractivity contribution in [2.24, 2.45) is 11.8 Å². The van der Waals surface area contributed by atoms with Crippen molar-refractivity contribution in [2.45, 2.75) is 39.7 Å². The van der Waals surface area contributed by atoms with Crippen LogP contribution in [0.5, 0.6) is 5.75 Å². The summed E-state index contributed by atoms with van der Waals surface area (Å²) in [7, 11) is 0. The zero-order valence-corrected chi connectivity index (χ0v) is 13.3. The fourth-order valence-corrected chi connectivity index (χ4v) is 2.17. The third kappa shape index (κ3) is 4.21. The van der Waals surface area contributed by atoms with E-state index in [1.165, 1.54) is 0 Å². The Kier molecular flexibility index (Phi) is 5.82. The summed E-state index contributed by atoms with van der Waals surface area (Å²) in [5, 5.41) is 0. The Labute approximate surface area is 122 Å². The summed E-state index contributed by atoms with van der Waals surface area (Å²) in [4.78, 5) is 11.7. The highest BCUT2D eigenvalue weighted by molar-refractivity contribution is 9.10. The second-order valence-corrected chi connectivity index (χ2v) is 6.04. The predicted molar refractivity (Wildman–Crippen MR) is 79.8 cm³/mol. The van der Waals surface area contributed by atoms with Crippen LogP contribution < -0.4 is 16.0 Å². The van der Waals surface area contributed by atoms with Crippen molar-refractivity contribution in [3.63, 3.8) is 0 Å². The molecule has 1 amide bonds. The Morgan fingerprint density at radius 2 is 1.95 bits per heavy atom. The number of carbonyl (C=O) groups excluding carboxylic acids is 1. The molecule has 1 rings (SSSR count). The minimum Gasteiger partial charge on any atom is -0.480 e. The standard InChI is InChI=1S/C14H21BrN2O2/c1-8(2)11-7-10(15)5-6-12(11)19-13(9(3)4)14(18)17-16/h5-9,13H,16H2,1-4H3,(H,17,18). The molecule has 0 spiro atoms. The number of ether oxygens (including phenoxy) is 1. The van der Waals surface area contributed by atoms with Crippen LogP contribution in [0, 0.1) is 5.92 Å². The number of halogens is 1. The number of hydrazine groups is 1. The molecule has 0 aliphatic heterocycles. The monoisotopic (exact) mass is 328 g/mol. The summed E-state index contributed by atoms with van der Waals surface area (Å²) in [6, 6.07) is 5.79. The van der Waals surface area contributed by atoms with Gasteiger partial charge in [0.2, 0.25) is 0 Å². The molecule has 106 valence electrons. The summed E-state index contributed by atoms with van der Waals surface area (Å²) in [6.07, 6.45) is -0.594. The minimum atomic E-state index is -0.594. The lowest BCUT2D eigenvalue weighted by atomic mass is 10.0. The van der Waals surface area contributed by atoms with E-state index in [1.54, 1.807) is 0 Å². The third-order valence-corrected chi connectivity index (χ3v) is 3.35. The van der Waals surface area contributed by atoms with Gasteiger partial charge in [-0.1, -0.05) is 43.6 Å². The molecule has 0 fully saturated rings. The van der Waals surface area contributed by atoms with Gasteiger partial charge in [0.15, 0.2) is 6.10 Å².